The van der Waals surface area contributed by atoms with Crippen molar-refractivity contribution in [2.45, 2.75) is 50.8 Å². The summed E-state index contributed by atoms with van der Waals surface area (Å²) in [5, 5.41) is 11.5. The third-order valence-corrected chi connectivity index (χ3v) is 5.29. The van der Waals surface area contributed by atoms with Crippen molar-refractivity contribution in [1.29, 1.82) is 0 Å². The van der Waals surface area contributed by atoms with E-state index in [0.29, 0.717) is 11.3 Å². The lowest BCUT2D eigenvalue weighted by Gasteiger charge is -2.38. The zero-order valence-corrected chi connectivity index (χ0v) is 16.0. The van der Waals surface area contributed by atoms with Crippen molar-refractivity contribution in [3.63, 3.8) is 0 Å². The fraction of sp³-hybridized carbons (Fsp3) is 0.364. The van der Waals surface area contributed by atoms with Crippen molar-refractivity contribution in [2.75, 3.05) is 0 Å². The zero-order valence-electron chi connectivity index (χ0n) is 16.0. The van der Waals surface area contributed by atoms with Crippen molar-refractivity contribution >= 4 is 10.9 Å². The molecule has 1 aromatic heterocycles. The van der Waals surface area contributed by atoms with E-state index in [9.17, 15) is 22.7 Å². The molecule has 6 heteroatoms. The Balaban J connectivity index is 1.97. The van der Waals surface area contributed by atoms with Crippen LogP contribution in [0, 0.1) is 12.7 Å². The molecule has 0 aliphatic carbocycles. The van der Waals surface area contributed by atoms with E-state index in [4.69, 9.17) is 0 Å². The number of benzene rings is 2. The van der Waals surface area contributed by atoms with E-state index in [1.165, 1.54) is 18.2 Å². The summed E-state index contributed by atoms with van der Waals surface area (Å²) < 4.78 is 55.3. The number of rotatable bonds is 5. The molecule has 0 fully saturated rings. The third-order valence-electron chi connectivity index (χ3n) is 5.29. The molecule has 1 unspecified atom stereocenters. The molecule has 28 heavy (non-hydrogen) atoms. The van der Waals surface area contributed by atoms with Gasteiger partial charge in [-0.2, -0.15) is 13.2 Å². The molecule has 0 amide bonds. The smallest absolute Gasteiger partial charge is 0.380 e. The van der Waals surface area contributed by atoms with Gasteiger partial charge in [-0.1, -0.05) is 38.1 Å². The molecule has 2 nitrogen and oxygen atoms in total. The Hall–Kier alpha value is -2.34. The predicted octanol–water partition coefficient (Wildman–Crippen LogP) is 5.82. The molecule has 150 valence electrons. The Labute approximate surface area is 161 Å². The molecule has 0 bridgehead atoms. The lowest BCUT2D eigenvalue weighted by atomic mass is 9.73. The van der Waals surface area contributed by atoms with Gasteiger partial charge >= 0.3 is 6.18 Å². The summed E-state index contributed by atoms with van der Waals surface area (Å²) in [6.07, 6.45) is -6.05. The summed E-state index contributed by atoms with van der Waals surface area (Å²) in [5.74, 6) is -0.521. The number of alkyl halides is 3. The molecule has 0 radical (unpaired) electrons. The van der Waals surface area contributed by atoms with Crippen molar-refractivity contribution in [3.05, 3.63) is 71.2 Å². The normalized spacial score (nSPS) is 15.0. The lowest BCUT2D eigenvalue weighted by molar-refractivity contribution is -0.266. The highest BCUT2D eigenvalue weighted by Crippen LogP contribution is 2.43. The lowest BCUT2D eigenvalue weighted by Crippen LogP contribution is -2.50. The third kappa shape index (κ3) is 3.92. The van der Waals surface area contributed by atoms with Gasteiger partial charge in [-0.25, -0.2) is 4.39 Å². The van der Waals surface area contributed by atoms with Crippen LogP contribution in [0.15, 0.2) is 48.5 Å². The summed E-state index contributed by atoms with van der Waals surface area (Å²) in [7, 11) is 0. The van der Waals surface area contributed by atoms with E-state index in [1.807, 2.05) is 19.1 Å². The largest absolute Gasteiger partial charge is 0.417 e. The predicted molar refractivity (Wildman–Crippen MR) is 102 cm³/mol. The van der Waals surface area contributed by atoms with Crippen molar-refractivity contribution in [1.82, 2.24) is 4.98 Å². The quantitative estimate of drug-likeness (QED) is 0.527. The molecular formula is C22H23F4NO. The Morgan fingerprint density at radius 3 is 2.29 bits per heavy atom. The number of aromatic amines is 1. The number of hydrogen-bond donors (Lipinski definition) is 2. The number of hydrogen-bond acceptors (Lipinski definition) is 1. The van der Waals surface area contributed by atoms with Crippen LogP contribution in [-0.2, 0) is 11.8 Å². The Bertz CT molecular complexity index is 990. The van der Waals surface area contributed by atoms with Crippen LogP contribution in [0.5, 0.6) is 0 Å². The Morgan fingerprint density at radius 1 is 1.00 bits per heavy atom. The first-order valence-electron chi connectivity index (χ1n) is 9.04. The minimum absolute atomic E-state index is 0.305. The molecule has 2 N–H and O–H groups in total. The van der Waals surface area contributed by atoms with Gasteiger partial charge in [-0.15, -0.1) is 0 Å². The Kier molecular flexibility index (Phi) is 5.04. The first-order chi connectivity index (χ1) is 12.9. The van der Waals surface area contributed by atoms with Crippen LogP contribution < -0.4 is 0 Å². The standard InChI is InChI=1S/C22H23F4NO/c1-14-6-4-9-19-18(14)11-17(27-19)12-21(28,22(24,25)26)13-20(2,3)15-7-5-8-16(23)10-15/h4-11,27-28H,12-13H2,1-3H3. The summed E-state index contributed by atoms with van der Waals surface area (Å²) in [6.45, 7) is 5.03. The molecule has 0 aliphatic heterocycles. The first kappa shape index (κ1) is 20.4. The maximum atomic E-state index is 13.9. The van der Waals surface area contributed by atoms with E-state index in [-0.39, 0.29) is 0 Å². The molecule has 3 rings (SSSR count). The van der Waals surface area contributed by atoms with E-state index in [1.54, 1.807) is 32.0 Å². The number of aromatic nitrogens is 1. The van der Waals surface area contributed by atoms with Crippen LogP contribution >= 0.6 is 0 Å². The fourth-order valence-corrected chi connectivity index (χ4v) is 3.78. The highest BCUT2D eigenvalue weighted by molar-refractivity contribution is 5.83. The minimum Gasteiger partial charge on any atom is -0.380 e. The van der Waals surface area contributed by atoms with Crippen LogP contribution in [0.25, 0.3) is 10.9 Å². The van der Waals surface area contributed by atoms with Crippen molar-refractivity contribution in [2.24, 2.45) is 0 Å². The molecule has 0 aliphatic rings. The minimum atomic E-state index is -4.84. The Morgan fingerprint density at radius 2 is 1.68 bits per heavy atom. The molecule has 1 atom stereocenters. The maximum Gasteiger partial charge on any atom is 0.417 e. The summed E-state index contributed by atoms with van der Waals surface area (Å²) >= 11 is 0. The number of halogens is 4. The van der Waals surface area contributed by atoms with Crippen LogP contribution in [0.4, 0.5) is 17.6 Å². The highest BCUT2D eigenvalue weighted by atomic mass is 19.4. The SMILES string of the molecule is Cc1cccc2[nH]c(CC(O)(CC(C)(C)c3cccc(F)c3)C(F)(F)F)cc12. The molecule has 0 spiro atoms. The molecular weight excluding hydrogens is 370 g/mol. The van der Waals surface area contributed by atoms with Crippen molar-refractivity contribution in [3.8, 4) is 0 Å². The fourth-order valence-electron chi connectivity index (χ4n) is 3.78. The number of aliphatic hydroxyl groups is 1. The molecule has 2 aromatic carbocycles. The van der Waals surface area contributed by atoms with Gasteiger partial charge in [-0.3, -0.25) is 0 Å². The second-order valence-electron chi connectivity index (χ2n) is 8.11. The average Bonchev–Trinajstić information content (AvgIpc) is 2.97. The van der Waals surface area contributed by atoms with Crippen LogP contribution in [-0.4, -0.2) is 21.9 Å². The van der Waals surface area contributed by atoms with Gasteiger partial charge in [0.05, 0.1) is 0 Å². The van der Waals surface area contributed by atoms with Gasteiger partial charge in [0.15, 0.2) is 5.60 Å². The van der Waals surface area contributed by atoms with Gasteiger partial charge in [0.1, 0.15) is 5.82 Å². The van der Waals surface area contributed by atoms with Crippen molar-refractivity contribution < 1.29 is 22.7 Å². The van der Waals surface area contributed by atoms with E-state index >= 15 is 0 Å². The summed E-state index contributed by atoms with van der Waals surface area (Å²) in [6, 6.07) is 12.6. The monoisotopic (exact) mass is 393 g/mol. The summed E-state index contributed by atoms with van der Waals surface area (Å²) in [4.78, 5) is 2.98. The topological polar surface area (TPSA) is 36.0 Å². The second kappa shape index (κ2) is 6.92. The number of nitrogens with one attached hydrogen (secondary N) is 1. The van der Waals surface area contributed by atoms with Gasteiger partial charge in [-0.05, 0) is 54.2 Å². The number of H-pyrrole nitrogens is 1. The van der Waals surface area contributed by atoms with Gasteiger partial charge in [0.2, 0.25) is 0 Å². The number of fused-ring (bicyclic) bond motifs is 1. The maximum absolute atomic E-state index is 13.9. The van der Waals surface area contributed by atoms with Gasteiger partial charge < -0.3 is 10.1 Å². The molecule has 1 heterocycles. The second-order valence-corrected chi connectivity index (χ2v) is 8.11. The average molecular weight is 393 g/mol. The highest BCUT2D eigenvalue weighted by Gasteiger charge is 2.56. The van der Waals surface area contributed by atoms with E-state index in [2.05, 4.69) is 4.98 Å². The number of aryl methyl sites for hydroxylation is 1. The van der Waals surface area contributed by atoms with E-state index in [0.717, 1.165) is 16.5 Å². The molecule has 0 saturated carbocycles. The van der Waals surface area contributed by atoms with Gasteiger partial charge in [0, 0.05) is 23.0 Å². The van der Waals surface area contributed by atoms with Crippen LogP contribution in [0.2, 0.25) is 0 Å². The van der Waals surface area contributed by atoms with Gasteiger partial charge in [0.25, 0.3) is 0 Å². The van der Waals surface area contributed by atoms with E-state index < -0.39 is 35.9 Å². The zero-order chi connectivity index (χ0) is 20.7. The molecule has 0 saturated heterocycles. The first-order valence-corrected chi connectivity index (χ1v) is 9.04. The van der Waals surface area contributed by atoms with Crippen LogP contribution in [0.1, 0.15) is 37.1 Å². The van der Waals surface area contributed by atoms with Crippen LogP contribution in [0.3, 0.4) is 0 Å². The summed E-state index contributed by atoms with van der Waals surface area (Å²) in [5.41, 5.74) is -1.67. The molecule has 3 aromatic rings.